The molecule has 0 N–H and O–H groups in total. The molecule has 2 rings (SSSR count). The summed E-state index contributed by atoms with van der Waals surface area (Å²) in [7, 11) is -1.86. The van der Waals surface area contributed by atoms with Crippen molar-refractivity contribution in [1.29, 1.82) is 5.26 Å². The third-order valence-corrected chi connectivity index (χ3v) is 5.37. The second-order valence-corrected chi connectivity index (χ2v) is 7.47. The summed E-state index contributed by atoms with van der Waals surface area (Å²) in [5, 5.41) is 9.19. The van der Waals surface area contributed by atoms with E-state index in [1.165, 1.54) is 7.11 Å². The third-order valence-electron chi connectivity index (χ3n) is 3.52. The van der Waals surface area contributed by atoms with E-state index in [2.05, 4.69) is 6.07 Å². The first kappa shape index (κ1) is 14.3. The van der Waals surface area contributed by atoms with Gasteiger partial charge in [0.25, 0.3) is 0 Å². The first-order valence-corrected chi connectivity index (χ1v) is 8.04. The van der Waals surface area contributed by atoms with Gasteiger partial charge in [0.2, 0.25) is 0 Å². The molecule has 1 aromatic carbocycles. The van der Waals surface area contributed by atoms with Crippen LogP contribution in [0, 0.1) is 16.7 Å². The highest BCUT2D eigenvalue weighted by Gasteiger charge is 2.71. The minimum atomic E-state index is -3.33. The number of rotatable bonds is 4. The van der Waals surface area contributed by atoms with Crippen LogP contribution in [0.5, 0.6) is 0 Å². The van der Waals surface area contributed by atoms with Crippen LogP contribution < -0.4 is 0 Å². The van der Waals surface area contributed by atoms with Gasteiger partial charge >= 0.3 is 0 Å². The lowest BCUT2D eigenvalue weighted by Gasteiger charge is -2.07. The van der Waals surface area contributed by atoms with Gasteiger partial charge in [-0.3, -0.25) is 0 Å². The van der Waals surface area contributed by atoms with Gasteiger partial charge in [-0.1, -0.05) is 23.7 Å². The van der Waals surface area contributed by atoms with Gasteiger partial charge in [0.15, 0.2) is 9.84 Å². The maximum atomic E-state index is 11.9. The smallest absolute Gasteiger partial charge is 0.152 e. The lowest BCUT2D eigenvalue weighted by atomic mass is 10.0. The highest BCUT2D eigenvalue weighted by Crippen LogP contribution is 2.62. The predicted molar refractivity (Wildman–Crippen MR) is 72.7 cm³/mol. The summed E-state index contributed by atoms with van der Waals surface area (Å²) in [4.78, 5) is 0. The summed E-state index contributed by atoms with van der Waals surface area (Å²) in [5.41, 5.74) is -0.242. The Morgan fingerprint density at radius 3 is 2.68 bits per heavy atom. The van der Waals surface area contributed by atoms with Crippen molar-refractivity contribution in [2.45, 2.75) is 11.2 Å². The fourth-order valence-corrected chi connectivity index (χ4v) is 4.83. The van der Waals surface area contributed by atoms with Gasteiger partial charge in [-0.25, -0.2) is 8.42 Å². The monoisotopic (exact) mass is 299 g/mol. The van der Waals surface area contributed by atoms with Crippen molar-refractivity contribution in [1.82, 2.24) is 0 Å². The first-order chi connectivity index (χ1) is 8.86. The molecule has 0 spiro atoms. The highest BCUT2D eigenvalue weighted by molar-refractivity contribution is 7.91. The first-order valence-electron chi connectivity index (χ1n) is 5.71. The number of hydrogen-bond acceptors (Lipinski definition) is 4. The molecule has 19 heavy (non-hydrogen) atoms. The lowest BCUT2D eigenvalue weighted by Crippen LogP contribution is -2.17. The van der Waals surface area contributed by atoms with Gasteiger partial charge in [-0.2, -0.15) is 5.26 Å². The maximum absolute atomic E-state index is 11.9. The molecule has 0 radical (unpaired) electrons. The molecule has 6 heteroatoms. The van der Waals surface area contributed by atoms with Crippen LogP contribution in [0.4, 0.5) is 0 Å². The van der Waals surface area contributed by atoms with Crippen LogP contribution in [0.1, 0.15) is 11.5 Å². The van der Waals surface area contributed by atoms with Crippen molar-refractivity contribution in [2.24, 2.45) is 5.41 Å². The normalized spacial score (nSPS) is 29.8. The fourth-order valence-electron chi connectivity index (χ4n) is 2.78. The van der Waals surface area contributed by atoms with Crippen molar-refractivity contribution in [3.05, 3.63) is 34.9 Å². The zero-order valence-corrected chi connectivity index (χ0v) is 12.2. The minimum Gasteiger partial charge on any atom is -0.383 e. The summed E-state index contributed by atoms with van der Waals surface area (Å²) in [6.07, 6.45) is 1.16. The average molecular weight is 300 g/mol. The molecule has 1 saturated carbocycles. The quantitative estimate of drug-likeness (QED) is 0.853. The fraction of sp³-hybridized carbons (Fsp3) is 0.462. The molecule has 0 bridgehead atoms. The topological polar surface area (TPSA) is 67.2 Å². The summed E-state index contributed by atoms with van der Waals surface area (Å²) in [5.74, 6) is -0.383. The zero-order chi connectivity index (χ0) is 14.3. The molecule has 0 saturated heterocycles. The summed E-state index contributed by atoms with van der Waals surface area (Å²) in [6.45, 7) is 0.0957. The second kappa shape index (κ2) is 4.78. The standard InChI is InChI=1S/C13H14ClNO3S/c1-18-8-13(7-15)11(12(13)19(2,16)17)9-4-3-5-10(14)6-9/h3-6,11-12H,8H2,1-2H3/t11-,12+,13+/m1/s1. The van der Waals surface area contributed by atoms with Crippen molar-refractivity contribution in [3.8, 4) is 6.07 Å². The number of ether oxygens (including phenoxy) is 1. The van der Waals surface area contributed by atoms with Gasteiger partial charge in [0, 0.05) is 24.3 Å². The molecule has 3 atom stereocenters. The number of nitrogens with zero attached hydrogens (tertiary/aromatic N) is 1. The van der Waals surface area contributed by atoms with Crippen LogP contribution in [-0.2, 0) is 14.6 Å². The van der Waals surface area contributed by atoms with Gasteiger partial charge in [-0.05, 0) is 17.7 Å². The van der Waals surface area contributed by atoms with Crippen LogP contribution in [0.2, 0.25) is 5.02 Å². The Morgan fingerprint density at radius 2 is 2.21 bits per heavy atom. The van der Waals surface area contributed by atoms with Crippen LogP contribution >= 0.6 is 11.6 Å². The Morgan fingerprint density at radius 1 is 1.53 bits per heavy atom. The van der Waals surface area contributed by atoms with E-state index in [9.17, 15) is 13.7 Å². The molecule has 4 nitrogen and oxygen atoms in total. The predicted octanol–water partition coefficient (Wildman–Crippen LogP) is 2.01. The summed E-state index contributed by atoms with van der Waals surface area (Å²) in [6, 6.07) is 9.10. The molecule has 1 aromatic rings. The Labute approximate surface area is 117 Å². The van der Waals surface area contributed by atoms with Gasteiger partial charge in [0.1, 0.15) is 5.41 Å². The molecule has 1 aliphatic rings. The largest absolute Gasteiger partial charge is 0.383 e. The molecular formula is C13H14ClNO3S. The second-order valence-electron chi connectivity index (χ2n) is 4.87. The van der Waals surface area contributed by atoms with E-state index in [-0.39, 0.29) is 12.5 Å². The lowest BCUT2D eigenvalue weighted by molar-refractivity contribution is 0.162. The average Bonchev–Trinajstić information content (AvgIpc) is 2.99. The number of hydrogen-bond donors (Lipinski definition) is 0. The molecular weight excluding hydrogens is 286 g/mol. The van der Waals surface area contributed by atoms with E-state index in [1.54, 1.807) is 24.3 Å². The summed E-state index contributed by atoms with van der Waals surface area (Å²) >= 11 is 5.93. The van der Waals surface area contributed by atoms with Crippen molar-refractivity contribution in [2.75, 3.05) is 20.0 Å². The molecule has 0 unspecified atom stereocenters. The van der Waals surface area contributed by atoms with Crippen molar-refractivity contribution in [3.63, 3.8) is 0 Å². The van der Waals surface area contributed by atoms with Crippen molar-refractivity contribution >= 4 is 21.4 Å². The zero-order valence-electron chi connectivity index (χ0n) is 10.6. The van der Waals surface area contributed by atoms with Gasteiger partial charge in [0.05, 0.1) is 17.9 Å². The molecule has 0 aliphatic heterocycles. The Hall–Kier alpha value is -1.09. The Balaban J connectivity index is 2.48. The molecule has 0 aromatic heterocycles. The maximum Gasteiger partial charge on any atom is 0.152 e. The van der Waals surface area contributed by atoms with Crippen molar-refractivity contribution < 1.29 is 13.2 Å². The van der Waals surface area contributed by atoms with E-state index < -0.39 is 20.5 Å². The number of sulfone groups is 1. The van der Waals surface area contributed by atoms with E-state index in [0.717, 1.165) is 11.8 Å². The molecule has 0 amide bonds. The SMILES string of the molecule is COC[C@@]1(C#N)[C@H](c2cccc(Cl)c2)[C@@H]1S(C)(=O)=O. The molecule has 0 heterocycles. The van der Waals surface area contributed by atoms with E-state index in [1.807, 2.05) is 0 Å². The highest BCUT2D eigenvalue weighted by atomic mass is 35.5. The number of methoxy groups -OCH3 is 1. The molecule has 1 aliphatic carbocycles. The van der Waals surface area contributed by atoms with E-state index in [4.69, 9.17) is 16.3 Å². The number of halogens is 1. The van der Waals surface area contributed by atoms with Crippen LogP contribution in [0.3, 0.4) is 0 Å². The van der Waals surface area contributed by atoms with Crippen LogP contribution in [-0.4, -0.2) is 33.6 Å². The Bertz CT molecular complexity index is 638. The molecule has 102 valence electrons. The van der Waals surface area contributed by atoms with E-state index >= 15 is 0 Å². The van der Waals surface area contributed by atoms with Gasteiger partial charge in [-0.15, -0.1) is 0 Å². The number of benzene rings is 1. The number of nitriles is 1. The van der Waals surface area contributed by atoms with Gasteiger partial charge < -0.3 is 4.74 Å². The Kier molecular flexibility index (Phi) is 3.61. The third kappa shape index (κ3) is 2.36. The molecule has 1 fully saturated rings. The minimum absolute atomic E-state index is 0.0957. The summed E-state index contributed by atoms with van der Waals surface area (Å²) < 4.78 is 28.8. The van der Waals surface area contributed by atoms with Crippen LogP contribution in [0.15, 0.2) is 24.3 Å². The van der Waals surface area contributed by atoms with E-state index in [0.29, 0.717) is 5.02 Å². The van der Waals surface area contributed by atoms with Crippen LogP contribution in [0.25, 0.3) is 0 Å².